The van der Waals surface area contributed by atoms with Gasteiger partial charge in [-0.2, -0.15) is 0 Å². The van der Waals surface area contributed by atoms with Gasteiger partial charge in [-0.15, -0.1) is 23.2 Å². The van der Waals surface area contributed by atoms with Gasteiger partial charge >= 0.3 is 0 Å². The topological polar surface area (TPSA) is 60.5 Å². The molecule has 1 N–H and O–H groups in total. The summed E-state index contributed by atoms with van der Waals surface area (Å²) in [4.78, 5) is 16.1. The number of carbonyl (C=O) groups excluding carboxylic acids is 1. The van der Waals surface area contributed by atoms with Crippen molar-refractivity contribution in [2.45, 2.75) is 17.4 Å². The van der Waals surface area contributed by atoms with E-state index in [1.54, 1.807) is 37.7 Å². The average Bonchev–Trinajstić information content (AvgIpc) is 3.23. The number of alkyl halides is 2. The van der Waals surface area contributed by atoms with Gasteiger partial charge in [0.1, 0.15) is 10.9 Å². The van der Waals surface area contributed by atoms with Crippen LogP contribution >= 0.6 is 23.2 Å². The van der Waals surface area contributed by atoms with Gasteiger partial charge in [-0.05, 0) is 24.6 Å². The largest absolute Gasteiger partial charge is 0.493 e. The fourth-order valence-electron chi connectivity index (χ4n) is 2.24. The lowest BCUT2D eigenvalue weighted by atomic mass is 10.2. The molecule has 2 aromatic rings. The average molecular weight is 367 g/mol. The molecule has 0 radical (unpaired) electrons. The lowest BCUT2D eigenvalue weighted by molar-refractivity contribution is -0.117. The van der Waals surface area contributed by atoms with Crippen LogP contribution in [-0.2, 0) is 11.4 Å². The predicted molar refractivity (Wildman–Crippen MR) is 92.7 cm³/mol. The minimum atomic E-state index is -0.948. The van der Waals surface area contributed by atoms with Crippen molar-refractivity contribution in [3.8, 4) is 11.5 Å². The summed E-state index contributed by atoms with van der Waals surface area (Å²) in [6.45, 7) is 0.344. The summed E-state index contributed by atoms with van der Waals surface area (Å²) in [6.07, 6.45) is 3.89. The number of rotatable bonds is 6. The maximum absolute atomic E-state index is 12.1. The molecule has 1 aromatic heterocycles. The Bertz CT molecular complexity index is 738. The van der Waals surface area contributed by atoms with Gasteiger partial charge in [0.25, 0.3) is 0 Å². The first-order valence-electron chi connectivity index (χ1n) is 7.38. The van der Waals surface area contributed by atoms with Gasteiger partial charge in [0, 0.05) is 29.7 Å². The molecule has 1 fully saturated rings. The minimum Gasteiger partial charge on any atom is -0.493 e. The number of nitrogens with zero attached hydrogens (tertiary/aromatic N) is 1. The quantitative estimate of drug-likeness (QED) is 0.789. The van der Waals surface area contributed by atoms with Crippen molar-refractivity contribution < 1.29 is 14.3 Å². The number of carbonyl (C=O) groups is 1. The molecular formula is C17H16Cl2N2O3. The number of ether oxygens (including phenoxy) is 2. The fourth-order valence-corrected chi connectivity index (χ4v) is 2.75. The third-order valence-corrected chi connectivity index (χ3v) is 4.53. The number of hydrogen-bond donors (Lipinski definition) is 1. The molecule has 1 saturated carbocycles. The second-order valence-electron chi connectivity index (χ2n) is 5.52. The number of nitrogens with one attached hydrogen (secondary N) is 1. The molecule has 1 unspecified atom stereocenters. The molecule has 1 aliphatic rings. The lowest BCUT2D eigenvalue weighted by Gasteiger charge is -2.13. The smallest absolute Gasteiger partial charge is 0.230 e. The molecule has 1 atom stereocenters. The minimum absolute atomic E-state index is 0.205. The maximum atomic E-state index is 12.1. The van der Waals surface area contributed by atoms with E-state index >= 15 is 0 Å². The van der Waals surface area contributed by atoms with Gasteiger partial charge in [0.2, 0.25) is 5.91 Å². The van der Waals surface area contributed by atoms with Crippen LogP contribution in [0.5, 0.6) is 11.5 Å². The first-order valence-corrected chi connectivity index (χ1v) is 8.13. The third kappa shape index (κ3) is 3.91. The Hall–Kier alpha value is -1.98. The number of hydrogen-bond acceptors (Lipinski definition) is 4. The van der Waals surface area contributed by atoms with E-state index in [-0.39, 0.29) is 11.8 Å². The monoisotopic (exact) mass is 366 g/mol. The number of methoxy groups -OCH3 is 1. The van der Waals surface area contributed by atoms with Crippen LogP contribution in [0.3, 0.4) is 0 Å². The Balaban J connectivity index is 1.69. The molecule has 0 saturated heterocycles. The summed E-state index contributed by atoms with van der Waals surface area (Å²) in [6, 6.07) is 8.93. The summed E-state index contributed by atoms with van der Waals surface area (Å²) in [7, 11) is 1.56. The fraction of sp³-hybridized carbons (Fsp3) is 0.294. The van der Waals surface area contributed by atoms with Gasteiger partial charge in [-0.1, -0.05) is 6.07 Å². The molecule has 1 aromatic carbocycles. The van der Waals surface area contributed by atoms with E-state index < -0.39 is 4.33 Å². The van der Waals surface area contributed by atoms with Crippen LogP contribution in [0, 0.1) is 5.92 Å². The van der Waals surface area contributed by atoms with Gasteiger partial charge in [-0.25, -0.2) is 0 Å². The summed E-state index contributed by atoms with van der Waals surface area (Å²) in [5.74, 6) is 0.511. The van der Waals surface area contributed by atoms with Crippen molar-refractivity contribution >= 4 is 34.8 Å². The van der Waals surface area contributed by atoms with Gasteiger partial charge < -0.3 is 14.8 Å². The number of halogens is 2. The van der Waals surface area contributed by atoms with E-state index in [9.17, 15) is 4.79 Å². The Kier molecular flexibility index (Phi) is 4.83. The van der Waals surface area contributed by atoms with Crippen LogP contribution in [0.25, 0.3) is 0 Å². The highest BCUT2D eigenvalue weighted by atomic mass is 35.5. The number of anilines is 1. The van der Waals surface area contributed by atoms with E-state index in [0.717, 1.165) is 5.56 Å². The van der Waals surface area contributed by atoms with Crippen LogP contribution in [0.2, 0.25) is 0 Å². The highest BCUT2D eigenvalue weighted by Gasteiger charge is 2.56. The summed E-state index contributed by atoms with van der Waals surface area (Å²) in [5.41, 5.74) is 1.53. The first kappa shape index (κ1) is 16.9. The van der Waals surface area contributed by atoms with Crippen molar-refractivity contribution in [3.63, 3.8) is 0 Å². The van der Waals surface area contributed by atoms with Crippen molar-refractivity contribution in [1.82, 2.24) is 4.98 Å². The third-order valence-electron chi connectivity index (χ3n) is 3.69. The molecule has 7 heteroatoms. The molecule has 0 bridgehead atoms. The first-order chi connectivity index (χ1) is 11.5. The van der Waals surface area contributed by atoms with Crippen molar-refractivity contribution in [3.05, 3.63) is 48.3 Å². The van der Waals surface area contributed by atoms with E-state index in [1.807, 2.05) is 12.1 Å². The molecule has 126 valence electrons. The summed E-state index contributed by atoms with van der Waals surface area (Å²) < 4.78 is 10.1. The number of aromatic nitrogens is 1. The van der Waals surface area contributed by atoms with E-state index in [1.165, 1.54) is 0 Å². The molecule has 1 heterocycles. The predicted octanol–water partition coefficient (Wildman–Crippen LogP) is 3.80. The number of benzene rings is 1. The molecule has 3 rings (SSSR count). The lowest BCUT2D eigenvalue weighted by Crippen LogP contribution is -2.16. The number of pyridine rings is 1. The Morgan fingerprint density at radius 1 is 1.38 bits per heavy atom. The van der Waals surface area contributed by atoms with Gasteiger partial charge in [-0.3, -0.25) is 9.78 Å². The van der Waals surface area contributed by atoms with Crippen LogP contribution < -0.4 is 14.8 Å². The molecule has 1 amide bonds. The van der Waals surface area contributed by atoms with Crippen LogP contribution in [0.4, 0.5) is 5.69 Å². The molecule has 1 aliphatic carbocycles. The molecule has 0 spiro atoms. The molecule has 0 aliphatic heterocycles. The summed E-state index contributed by atoms with van der Waals surface area (Å²) in [5, 5.41) is 2.79. The zero-order chi connectivity index (χ0) is 17.2. The molecule has 5 nitrogen and oxygen atoms in total. The van der Waals surface area contributed by atoms with E-state index in [4.69, 9.17) is 32.7 Å². The zero-order valence-electron chi connectivity index (χ0n) is 13.0. The van der Waals surface area contributed by atoms with Gasteiger partial charge in [0.05, 0.1) is 13.0 Å². The second kappa shape index (κ2) is 6.87. The van der Waals surface area contributed by atoms with Crippen LogP contribution in [-0.4, -0.2) is 22.3 Å². The Morgan fingerprint density at radius 2 is 2.17 bits per heavy atom. The molecular weight excluding hydrogens is 351 g/mol. The molecule has 24 heavy (non-hydrogen) atoms. The Labute approximate surface area is 149 Å². The van der Waals surface area contributed by atoms with Crippen molar-refractivity contribution in [1.29, 1.82) is 0 Å². The number of amides is 1. The Morgan fingerprint density at radius 3 is 2.79 bits per heavy atom. The zero-order valence-corrected chi connectivity index (χ0v) is 14.5. The highest BCUT2D eigenvalue weighted by molar-refractivity contribution is 6.52. The SMILES string of the molecule is COc1ccc(NC(=O)C2CC2(Cl)Cl)cc1OCc1cccnc1. The van der Waals surface area contributed by atoms with E-state index in [2.05, 4.69) is 10.3 Å². The van der Waals surface area contributed by atoms with Crippen LogP contribution in [0.15, 0.2) is 42.7 Å². The summed E-state index contributed by atoms with van der Waals surface area (Å²) >= 11 is 11.8. The van der Waals surface area contributed by atoms with Gasteiger partial charge in [0.15, 0.2) is 11.5 Å². The van der Waals surface area contributed by atoms with Crippen LogP contribution in [0.1, 0.15) is 12.0 Å². The second-order valence-corrected chi connectivity index (χ2v) is 7.06. The van der Waals surface area contributed by atoms with E-state index in [0.29, 0.717) is 30.2 Å². The highest BCUT2D eigenvalue weighted by Crippen LogP contribution is 2.53. The maximum Gasteiger partial charge on any atom is 0.230 e. The standard InChI is InChI=1S/C17H16Cl2N2O3/c1-23-14-5-4-12(21-16(22)13-8-17(13,18)19)7-15(14)24-10-11-3-2-6-20-9-11/h2-7,9,13H,8,10H2,1H3,(H,21,22). The van der Waals surface area contributed by atoms with Crippen molar-refractivity contribution in [2.75, 3.05) is 12.4 Å². The normalized spacial score (nSPS) is 17.9. The van der Waals surface area contributed by atoms with Crippen molar-refractivity contribution in [2.24, 2.45) is 5.92 Å².